The summed E-state index contributed by atoms with van der Waals surface area (Å²) in [7, 11) is 0. The second-order valence-electron chi connectivity index (χ2n) is 15.0. The number of hydrogen-bond donors (Lipinski definition) is 1. The Morgan fingerprint density at radius 1 is 0.545 bits per heavy atom. The second kappa shape index (κ2) is 17.3. The zero-order valence-corrected chi connectivity index (χ0v) is 31.6. The molecule has 4 heteroatoms. The van der Waals surface area contributed by atoms with Gasteiger partial charge in [-0.3, -0.25) is 5.32 Å². The lowest BCUT2D eigenvalue weighted by atomic mass is 9.76. The Labute approximate surface area is 326 Å². The Morgan fingerprint density at radius 3 is 1.36 bits per heavy atom. The van der Waals surface area contributed by atoms with E-state index in [9.17, 15) is 0 Å². The first-order valence-electron chi connectivity index (χ1n) is 20.0. The van der Waals surface area contributed by atoms with Crippen LogP contribution in [-0.2, 0) is 22.2 Å². The molecule has 1 aromatic heterocycles. The van der Waals surface area contributed by atoms with Crippen LogP contribution < -0.4 is 5.32 Å². The van der Waals surface area contributed by atoms with E-state index in [1.165, 1.54) is 65.5 Å². The third kappa shape index (κ3) is 7.71. The maximum absolute atomic E-state index is 6.75. The highest BCUT2D eigenvalue weighted by molar-refractivity contribution is 5.52. The van der Waals surface area contributed by atoms with Gasteiger partial charge in [0.25, 0.3) is 0 Å². The van der Waals surface area contributed by atoms with E-state index < -0.39 is 11.1 Å². The molecule has 8 rings (SSSR count). The van der Waals surface area contributed by atoms with Gasteiger partial charge < -0.3 is 9.30 Å². The van der Waals surface area contributed by atoms with Gasteiger partial charge in [-0.1, -0.05) is 201 Å². The smallest absolute Gasteiger partial charge is 0.121 e. The van der Waals surface area contributed by atoms with Crippen molar-refractivity contribution in [1.82, 2.24) is 14.9 Å². The molecule has 0 amide bonds. The molecule has 0 saturated heterocycles. The van der Waals surface area contributed by atoms with Gasteiger partial charge in [0.05, 0.1) is 24.2 Å². The SMILES string of the molecule is c1ccc(C(N[C@@H](COCC2CCCCC2)Cc2cn(C(c3ccccc3)(c3ccccc3)c3ccccc3)cn2)(c2ccccc2)c2ccccc2)cc1. The molecular weight excluding hydrogens is 671 g/mol. The van der Waals surface area contributed by atoms with Gasteiger partial charge in [-0.2, -0.15) is 0 Å². The zero-order chi connectivity index (χ0) is 37.2. The maximum atomic E-state index is 6.75. The van der Waals surface area contributed by atoms with Gasteiger partial charge in [-0.25, -0.2) is 4.98 Å². The third-order valence-electron chi connectivity index (χ3n) is 11.5. The minimum atomic E-state index is -0.632. The molecule has 0 unspecified atom stereocenters. The second-order valence-corrected chi connectivity index (χ2v) is 15.0. The number of aromatic nitrogens is 2. The molecule has 1 aliphatic carbocycles. The summed E-state index contributed by atoms with van der Waals surface area (Å²) in [6, 6.07) is 65.0. The lowest BCUT2D eigenvalue weighted by Crippen LogP contribution is -2.52. The van der Waals surface area contributed by atoms with Gasteiger partial charge in [0, 0.05) is 25.3 Å². The Hall–Kier alpha value is -5.55. The molecular formula is C51H51N3O. The van der Waals surface area contributed by atoms with Crippen molar-refractivity contribution < 1.29 is 4.74 Å². The average molecular weight is 722 g/mol. The van der Waals surface area contributed by atoms with Crippen LogP contribution in [0, 0.1) is 5.92 Å². The summed E-state index contributed by atoms with van der Waals surface area (Å²) < 4.78 is 9.07. The number of hydrogen-bond acceptors (Lipinski definition) is 3. The highest BCUT2D eigenvalue weighted by atomic mass is 16.5. The summed E-state index contributed by atoms with van der Waals surface area (Å²) in [6.07, 6.45) is 11.4. The molecule has 1 aliphatic rings. The Balaban J connectivity index is 1.23. The summed E-state index contributed by atoms with van der Waals surface area (Å²) >= 11 is 0. The van der Waals surface area contributed by atoms with Gasteiger partial charge in [0.15, 0.2) is 0 Å². The van der Waals surface area contributed by atoms with Crippen LogP contribution >= 0.6 is 0 Å². The minimum Gasteiger partial charge on any atom is -0.380 e. The molecule has 276 valence electrons. The Morgan fingerprint density at radius 2 is 0.945 bits per heavy atom. The van der Waals surface area contributed by atoms with Crippen LogP contribution in [0.5, 0.6) is 0 Å². The molecule has 4 nitrogen and oxygen atoms in total. The number of ether oxygens (including phenoxy) is 1. The van der Waals surface area contributed by atoms with E-state index in [-0.39, 0.29) is 6.04 Å². The summed E-state index contributed by atoms with van der Waals surface area (Å²) in [6.45, 7) is 1.36. The fourth-order valence-electron chi connectivity index (χ4n) is 8.89. The monoisotopic (exact) mass is 721 g/mol. The molecule has 1 N–H and O–H groups in total. The van der Waals surface area contributed by atoms with Gasteiger partial charge >= 0.3 is 0 Å². The van der Waals surface area contributed by atoms with Gasteiger partial charge in [0.1, 0.15) is 5.54 Å². The van der Waals surface area contributed by atoms with Crippen molar-refractivity contribution in [1.29, 1.82) is 0 Å². The van der Waals surface area contributed by atoms with Crippen LogP contribution in [0.25, 0.3) is 0 Å². The molecule has 7 aromatic rings. The van der Waals surface area contributed by atoms with Crippen LogP contribution in [0.2, 0.25) is 0 Å². The average Bonchev–Trinajstić information content (AvgIpc) is 3.74. The predicted molar refractivity (Wildman–Crippen MR) is 224 cm³/mol. The lowest BCUT2D eigenvalue weighted by Gasteiger charge is -2.40. The normalized spacial score (nSPS) is 14.4. The topological polar surface area (TPSA) is 39.1 Å². The first kappa shape index (κ1) is 36.4. The molecule has 0 aliphatic heterocycles. The van der Waals surface area contributed by atoms with Crippen LogP contribution in [-0.4, -0.2) is 28.8 Å². The molecule has 1 atom stereocenters. The minimum absolute atomic E-state index is 0.0628. The van der Waals surface area contributed by atoms with Gasteiger partial charge in [-0.15, -0.1) is 0 Å². The van der Waals surface area contributed by atoms with Crippen LogP contribution in [0.4, 0.5) is 0 Å². The van der Waals surface area contributed by atoms with Crippen molar-refractivity contribution in [2.75, 3.05) is 13.2 Å². The van der Waals surface area contributed by atoms with Gasteiger partial charge in [-0.05, 0) is 52.1 Å². The molecule has 1 fully saturated rings. The molecule has 55 heavy (non-hydrogen) atoms. The van der Waals surface area contributed by atoms with Crippen molar-refractivity contribution in [3.8, 4) is 0 Å². The first-order valence-corrected chi connectivity index (χ1v) is 20.0. The van der Waals surface area contributed by atoms with E-state index in [2.05, 4.69) is 198 Å². The molecule has 1 saturated carbocycles. The highest BCUT2D eigenvalue weighted by Gasteiger charge is 2.40. The molecule has 0 radical (unpaired) electrons. The Kier molecular flexibility index (Phi) is 11.4. The number of imidazole rings is 1. The van der Waals surface area contributed by atoms with Crippen molar-refractivity contribution >= 4 is 0 Å². The van der Waals surface area contributed by atoms with Crippen LogP contribution in [0.3, 0.4) is 0 Å². The largest absolute Gasteiger partial charge is 0.380 e. The van der Waals surface area contributed by atoms with E-state index in [0.717, 1.165) is 12.3 Å². The zero-order valence-electron chi connectivity index (χ0n) is 31.6. The first-order chi connectivity index (χ1) is 27.3. The fourth-order valence-corrected chi connectivity index (χ4v) is 8.89. The summed E-state index contributed by atoms with van der Waals surface area (Å²) in [4.78, 5) is 5.21. The molecule has 1 heterocycles. The number of nitrogens with one attached hydrogen (secondary N) is 1. The van der Waals surface area contributed by atoms with E-state index in [4.69, 9.17) is 9.72 Å². The van der Waals surface area contributed by atoms with E-state index in [1.807, 2.05) is 6.33 Å². The van der Waals surface area contributed by atoms with E-state index >= 15 is 0 Å². The predicted octanol–water partition coefficient (Wildman–Crippen LogP) is 10.8. The van der Waals surface area contributed by atoms with Gasteiger partial charge in [0.2, 0.25) is 0 Å². The summed E-state index contributed by atoms with van der Waals surface area (Å²) in [5, 5.41) is 4.27. The number of nitrogens with zero attached hydrogens (tertiary/aromatic N) is 2. The molecule has 0 bridgehead atoms. The fraction of sp³-hybridized carbons (Fsp3) is 0.235. The Bertz CT molecular complexity index is 1970. The standard InChI is InChI=1S/C51H51N3O/c1-8-22-41(23-9-1)38-55-39-49(53-50(42-24-10-2-11-25-42,43-26-12-3-13-27-43)44-28-14-4-15-29-44)36-48-37-54(40-52-48)51(45-30-16-5-17-31-45,46-32-18-6-19-33-46)47-34-20-7-21-35-47/h2-7,10-21,24-35,37,40-41,49,53H,1,8-9,22-23,36,38-39H2/t49-/m1/s1. The van der Waals surface area contributed by atoms with Crippen molar-refractivity contribution in [3.05, 3.63) is 234 Å². The highest BCUT2D eigenvalue weighted by Crippen LogP contribution is 2.41. The molecule has 0 spiro atoms. The van der Waals surface area contributed by atoms with Crippen LogP contribution in [0.15, 0.2) is 195 Å². The van der Waals surface area contributed by atoms with E-state index in [0.29, 0.717) is 18.9 Å². The van der Waals surface area contributed by atoms with E-state index in [1.54, 1.807) is 0 Å². The quantitative estimate of drug-likeness (QED) is 0.107. The van der Waals surface area contributed by atoms with Crippen molar-refractivity contribution in [2.24, 2.45) is 5.92 Å². The number of rotatable bonds is 15. The third-order valence-corrected chi connectivity index (χ3v) is 11.5. The number of benzene rings is 6. The van der Waals surface area contributed by atoms with Crippen molar-refractivity contribution in [2.45, 2.75) is 55.6 Å². The maximum Gasteiger partial charge on any atom is 0.121 e. The summed E-state index contributed by atoms with van der Waals surface area (Å²) in [5.41, 5.74) is 6.84. The molecule has 6 aromatic carbocycles. The lowest BCUT2D eigenvalue weighted by molar-refractivity contribution is 0.0650. The summed E-state index contributed by atoms with van der Waals surface area (Å²) in [5.74, 6) is 0.624. The van der Waals surface area contributed by atoms with Crippen LogP contribution in [0.1, 0.15) is 71.2 Å². The van der Waals surface area contributed by atoms with Crippen molar-refractivity contribution in [3.63, 3.8) is 0 Å².